The van der Waals surface area contributed by atoms with Crippen LogP contribution in [-0.2, 0) is 11.2 Å². The molecule has 1 N–H and O–H groups in total. The number of carbonyl (C=O) groups excluding carboxylic acids is 1. The molecule has 1 aliphatic rings. The number of methoxy groups -OCH3 is 1. The number of hydrogen-bond acceptors (Lipinski definition) is 3. The van der Waals surface area contributed by atoms with Crippen LogP contribution in [0.3, 0.4) is 0 Å². The van der Waals surface area contributed by atoms with Crippen molar-refractivity contribution in [2.24, 2.45) is 5.92 Å². The van der Waals surface area contributed by atoms with Gasteiger partial charge in [-0.05, 0) is 24.8 Å². The molecular formula is C15H17NO3. The molecule has 4 nitrogen and oxygen atoms in total. The average Bonchev–Trinajstić information content (AvgIpc) is 3.18. The summed E-state index contributed by atoms with van der Waals surface area (Å²) in [7, 11) is 1.61. The number of rotatable bonds is 5. The van der Waals surface area contributed by atoms with Crippen LogP contribution in [0.5, 0.6) is 5.75 Å². The maximum atomic E-state index is 11.9. The van der Waals surface area contributed by atoms with Crippen LogP contribution in [-0.4, -0.2) is 19.6 Å². The first-order valence-corrected chi connectivity index (χ1v) is 6.57. The first-order chi connectivity index (χ1) is 9.28. The lowest BCUT2D eigenvalue weighted by molar-refractivity contribution is -0.120. The molecule has 0 bridgehead atoms. The number of carbonyl (C=O) groups is 1. The Morgan fingerprint density at radius 2 is 2.32 bits per heavy atom. The van der Waals surface area contributed by atoms with Gasteiger partial charge in [0.1, 0.15) is 0 Å². The van der Waals surface area contributed by atoms with Gasteiger partial charge >= 0.3 is 0 Å². The Hall–Kier alpha value is -1.97. The molecule has 0 radical (unpaired) electrons. The van der Waals surface area contributed by atoms with Crippen LogP contribution in [0.15, 0.2) is 28.9 Å². The predicted octanol–water partition coefficient (Wildman–Crippen LogP) is 2.51. The van der Waals surface area contributed by atoms with Gasteiger partial charge in [0, 0.05) is 17.5 Å². The number of fused-ring (bicyclic) bond motifs is 1. The zero-order valence-corrected chi connectivity index (χ0v) is 10.9. The van der Waals surface area contributed by atoms with E-state index in [9.17, 15) is 4.79 Å². The maximum Gasteiger partial charge on any atom is 0.224 e. The summed E-state index contributed by atoms with van der Waals surface area (Å²) in [5.74, 6) is 1.45. The van der Waals surface area contributed by atoms with Crippen molar-refractivity contribution in [3.05, 3.63) is 30.0 Å². The molecule has 1 aromatic heterocycles. The number of furan rings is 1. The molecule has 19 heavy (non-hydrogen) atoms. The van der Waals surface area contributed by atoms with Gasteiger partial charge in [0.25, 0.3) is 0 Å². The quantitative estimate of drug-likeness (QED) is 0.897. The first-order valence-electron chi connectivity index (χ1n) is 6.57. The Balaban J connectivity index is 1.75. The van der Waals surface area contributed by atoms with Crippen molar-refractivity contribution in [3.8, 4) is 5.75 Å². The second-order valence-electron chi connectivity index (χ2n) is 5.02. The van der Waals surface area contributed by atoms with Gasteiger partial charge in [0.15, 0.2) is 11.3 Å². The minimum atomic E-state index is 0.0532. The lowest BCUT2D eigenvalue weighted by Crippen LogP contribution is -2.26. The van der Waals surface area contributed by atoms with Gasteiger partial charge in [-0.2, -0.15) is 0 Å². The van der Waals surface area contributed by atoms with Gasteiger partial charge in [-0.1, -0.05) is 12.1 Å². The summed E-state index contributed by atoms with van der Waals surface area (Å²) < 4.78 is 10.7. The zero-order valence-electron chi connectivity index (χ0n) is 10.9. The Morgan fingerprint density at radius 3 is 3.05 bits per heavy atom. The lowest BCUT2D eigenvalue weighted by atomic mass is 10.1. The Morgan fingerprint density at radius 1 is 1.47 bits per heavy atom. The van der Waals surface area contributed by atoms with Crippen LogP contribution >= 0.6 is 0 Å². The van der Waals surface area contributed by atoms with E-state index in [4.69, 9.17) is 9.15 Å². The third-order valence-electron chi connectivity index (χ3n) is 3.50. The number of ether oxygens (including phenoxy) is 1. The second kappa shape index (κ2) is 4.96. The van der Waals surface area contributed by atoms with Crippen molar-refractivity contribution < 1.29 is 13.9 Å². The summed E-state index contributed by atoms with van der Waals surface area (Å²) in [5, 5.41) is 3.91. The highest BCUT2D eigenvalue weighted by Crippen LogP contribution is 2.30. The number of nitrogens with one attached hydrogen (secondary N) is 1. The minimum absolute atomic E-state index is 0.0532. The highest BCUT2D eigenvalue weighted by Gasteiger charge is 2.22. The van der Waals surface area contributed by atoms with Crippen molar-refractivity contribution in [2.75, 3.05) is 13.7 Å². The van der Waals surface area contributed by atoms with Crippen LogP contribution in [0.1, 0.15) is 18.4 Å². The standard InChI is InChI=1S/C15H17NO3/c1-18-13-4-2-3-12-11(9-19-15(12)13)7-14(17)16-8-10-5-6-10/h2-4,9-10H,5-8H2,1H3,(H,16,17). The van der Waals surface area contributed by atoms with E-state index in [-0.39, 0.29) is 5.91 Å². The summed E-state index contributed by atoms with van der Waals surface area (Å²) in [6.07, 6.45) is 4.48. The van der Waals surface area contributed by atoms with Gasteiger partial charge in [-0.15, -0.1) is 0 Å². The summed E-state index contributed by atoms with van der Waals surface area (Å²) in [4.78, 5) is 11.9. The van der Waals surface area contributed by atoms with Crippen molar-refractivity contribution in [1.29, 1.82) is 0 Å². The molecule has 2 aromatic rings. The lowest BCUT2D eigenvalue weighted by Gasteiger charge is -2.03. The minimum Gasteiger partial charge on any atom is -0.493 e. The largest absolute Gasteiger partial charge is 0.493 e. The Kier molecular flexibility index (Phi) is 3.15. The molecule has 0 unspecified atom stereocenters. The second-order valence-corrected chi connectivity index (χ2v) is 5.02. The number of amides is 1. The SMILES string of the molecule is COc1cccc2c(CC(=O)NCC3CC3)coc12. The normalized spacial score (nSPS) is 14.6. The average molecular weight is 259 g/mol. The molecule has 0 saturated heterocycles. The predicted molar refractivity (Wildman–Crippen MR) is 72.2 cm³/mol. The Bertz CT molecular complexity index is 598. The molecule has 1 heterocycles. The van der Waals surface area contributed by atoms with E-state index in [1.54, 1.807) is 13.4 Å². The molecule has 0 atom stereocenters. The van der Waals surface area contributed by atoms with E-state index in [2.05, 4.69) is 5.32 Å². The van der Waals surface area contributed by atoms with E-state index >= 15 is 0 Å². The molecule has 1 aromatic carbocycles. The van der Waals surface area contributed by atoms with Crippen molar-refractivity contribution in [2.45, 2.75) is 19.3 Å². The van der Waals surface area contributed by atoms with Gasteiger partial charge < -0.3 is 14.5 Å². The molecule has 1 saturated carbocycles. The Labute approximate surface area is 111 Å². The maximum absolute atomic E-state index is 11.9. The van der Waals surface area contributed by atoms with Gasteiger partial charge in [-0.25, -0.2) is 0 Å². The smallest absolute Gasteiger partial charge is 0.224 e. The van der Waals surface area contributed by atoms with E-state index in [0.717, 1.165) is 17.5 Å². The zero-order chi connectivity index (χ0) is 13.2. The van der Waals surface area contributed by atoms with E-state index in [1.807, 2.05) is 18.2 Å². The van der Waals surface area contributed by atoms with Crippen LogP contribution in [0.4, 0.5) is 0 Å². The number of hydrogen-bond donors (Lipinski definition) is 1. The van der Waals surface area contributed by atoms with Crippen molar-refractivity contribution in [1.82, 2.24) is 5.32 Å². The fourth-order valence-corrected chi connectivity index (χ4v) is 2.20. The molecule has 3 rings (SSSR count). The number of para-hydroxylation sites is 1. The summed E-state index contributed by atoms with van der Waals surface area (Å²) in [6, 6.07) is 5.70. The van der Waals surface area contributed by atoms with Crippen LogP contribution in [0, 0.1) is 5.92 Å². The fraction of sp³-hybridized carbons (Fsp3) is 0.400. The van der Waals surface area contributed by atoms with E-state index < -0.39 is 0 Å². The molecule has 0 aliphatic heterocycles. The third-order valence-corrected chi connectivity index (χ3v) is 3.50. The highest BCUT2D eigenvalue weighted by atomic mass is 16.5. The van der Waals surface area contributed by atoms with Crippen molar-refractivity contribution >= 4 is 16.9 Å². The number of benzene rings is 1. The van der Waals surface area contributed by atoms with Gasteiger partial charge in [-0.3, -0.25) is 4.79 Å². The van der Waals surface area contributed by atoms with Gasteiger partial charge in [0.2, 0.25) is 5.91 Å². The molecule has 4 heteroatoms. The summed E-state index contributed by atoms with van der Waals surface area (Å²) in [5.41, 5.74) is 1.61. The third kappa shape index (κ3) is 2.57. The first kappa shape index (κ1) is 12.1. The molecule has 0 spiro atoms. The van der Waals surface area contributed by atoms with E-state index in [0.29, 0.717) is 23.7 Å². The van der Waals surface area contributed by atoms with Crippen LogP contribution in [0.25, 0.3) is 11.0 Å². The van der Waals surface area contributed by atoms with Crippen LogP contribution < -0.4 is 10.1 Å². The molecule has 100 valence electrons. The fourth-order valence-electron chi connectivity index (χ4n) is 2.20. The topological polar surface area (TPSA) is 51.5 Å². The molecule has 1 fully saturated rings. The van der Waals surface area contributed by atoms with Crippen molar-refractivity contribution in [3.63, 3.8) is 0 Å². The monoisotopic (exact) mass is 259 g/mol. The van der Waals surface area contributed by atoms with Gasteiger partial charge in [0.05, 0.1) is 19.8 Å². The molecule has 1 aliphatic carbocycles. The summed E-state index contributed by atoms with van der Waals surface area (Å²) in [6.45, 7) is 0.804. The molecule has 1 amide bonds. The highest BCUT2D eigenvalue weighted by molar-refractivity contribution is 5.90. The molecular weight excluding hydrogens is 242 g/mol. The van der Waals surface area contributed by atoms with Crippen LogP contribution in [0.2, 0.25) is 0 Å². The summed E-state index contributed by atoms with van der Waals surface area (Å²) >= 11 is 0. The van der Waals surface area contributed by atoms with E-state index in [1.165, 1.54) is 12.8 Å².